The summed E-state index contributed by atoms with van der Waals surface area (Å²) in [6, 6.07) is 5.35. The number of thiophene rings is 1. The number of aryl methyl sites for hydroxylation is 2. The van der Waals surface area contributed by atoms with Gasteiger partial charge in [-0.1, -0.05) is 0 Å². The molecule has 0 spiro atoms. The van der Waals surface area contributed by atoms with Gasteiger partial charge in [-0.25, -0.2) is 4.98 Å². The van der Waals surface area contributed by atoms with Crippen molar-refractivity contribution in [2.75, 3.05) is 19.7 Å². The molecule has 0 saturated carbocycles. The number of nitrogens with one attached hydrogen (secondary N) is 1. The average molecular weight is 333 g/mol. The van der Waals surface area contributed by atoms with Crippen LogP contribution in [0.5, 0.6) is 0 Å². The topological polar surface area (TPSA) is 75.3 Å². The number of rotatable bonds is 4. The molecule has 1 aliphatic rings. The van der Waals surface area contributed by atoms with E-state index < -0.39 is 0 Å². The Morgan fingerprint density at radius 1 is 1.52 bits per heavy atom. The van der Waals surface area contributed by atoms with Crippen molar-refractivity contribution in [3.8, 4) is 0 Å². The minimum absolute atomic E-state index is 0.0187. The lowest BCUT2D eigenvalue weighted by Gasteiger charge is -2.32. The number of carbonyl (C=O) groups excluding carboxylic acids is 1. The van der Waals surface area contributed by atoms with Gasteiger partial charge in [-0.05, 0) is 31.9 Å². The fraction of sp³-hybridized carbons (Fsp3) is 0.438. The minimum Gasteiger partial charge on any atom is -0.375 e. The Morgan fingerprint density at radius 2 is 2.39 bits per heavy atom. The molecule has 1 N–H and O–H groups in total. The van der Waals surface area contributed by atoms with Crippen molar-refractivity contribution in [1.29, 1.82) is 0 Å². The highest BCUT2D eigenvalue weighted by molar-refractivity contribution is 7.13. The fourth-order valence-corrected chi connectivity index (χ4v) is 3.47. The number of nitrogens with zero attached hydrogens (tertiary/aromatic N) is 2. The summed E-state index contributed by atoms with van der Waals surface area (Å²) in [5.41, 5.74) is 0.596. The van der Waals surface area contributed by atoms with E-state index in [4.69, 9.17) is 4.74 Å². The Morgan fingerprint density at radius 3 is 3.13 bits per heavy atom. The average Bonchev–Trinajstić information content (AvgIpc) is 2.99. The molecule has 0 unspecified atom stereocenters. The van der Waals surface area contributed by atoms with Crippen molar-refractivity contribution < 1.29 is 9.53 Å². The first-order valence-electron chi connectivity index (χ1n) is 7.63. The first kappa shape index (κ1) is 15.9. The van der Waals surface area contributed by atoms with Gasteiger partial charge in [0, 0.05) is 29.7 Å². The van der Waals surface area contributed by atoms with Crippen molar-refractivity contribution >= 4 is 17.2 Å². The Kier molecular flexibility index (Phi) is 4.88. The van der Waals surface area contributed by atoms with E-state index in [2.05, 4.69) is 9.97 Å². The molecular weight excluding hydrogens is 314 g/mol. The summed E-state index contributed by atoms with van der Waals surface area (Å²) in [7, 11) is 0. The molecule has 1 fully saturated rings. The standard InChI is InChI=1S/C16H19N3O3S/c1-11-2-5-14(23-11)16(21)19-6-7-22-13(9-19)4-3-12-8-15(20)18-10-17-12/h2,5,8,10,13H,3-4,6-7,9H2,1H3,(H,17,18,20)/t13-/m1/s1. The number of morpholine rings is 1. The summed E-state index contributed by atoms with van der Waals surface area (Å²) in [5.74, 6) is 0.0747. The summed E-state index contributed by atoms with van der Waals surface area (Å²) in [4.78, 5) is 34.2. The lowest BCUT2D eigenvalue weighted by atomic mass is 10.1. The van der Waals surface area contributed by atoms with Gasteiger partial charge < -0.3 is 14.6 Å². The van der Waals surface area contributed by atoms with E-state index in [1.165, 1.54) is 23.7 Å². The highest BCUT2D eigenvalue weighted by Gasteiger charge is 2.25. The zero-order valence-corrected chi connectivity index (χ0v) is 13.8. The molecule has 3 rings (SSSR count). The van der Waals surface area contributed by atoms with Crippen LogP contribution in [0.2, 0.25) is 0 Å². The maximum Gasteiger partial charge on any atom is 0.264 e. The van der Waals surface area contributed by atoms with Crippen LogP contribution in [0.15, 0.2) is 29.3 Å². The van der Waals surface area contributed by atoms with Crippen LogP contribution in [0, 0.1) is 6.92 Å². The molecule has 1 aliphatic heterocycles. The first-order chi connectivity index (χ1) is 11.1. The van der Waals surface area contributed by atoms with E-state index in [9.17, 15) is 9.59 Å². The number of aromatic nitrogens is 2. The van der Waals surface area contributed by atoms with Crippen LogP contribution in [-0.4, -0.2) is 46.6 Å². The number of hydrogen-bond donors (Lipinski definition) is 1. The zero-order chi connectivity index (χ0) is 16.2. The predicted octanol–water partition coefficient (Wildman–Crippen LogP) is 1.61. The van der Waals surface area contributed by atoms with Crippen LogP contribution in [-0.2, 0) is 11.2 Å². The van der Waals surface area contributed by atoms with Crippen molar-refractivity contribution in [2.45, 2.75) is 25.9 Å². The molecule has 6 nitrogen and oxygen atoms in total. The molecule has 0 aromatic carbocycles. The molecule has 3 heterocycles. The Bertz CT molecular complexity index is 740. The Labute approximate surface area is 138 Å². The van der Waals surface area contributed by atoms with Crippen molar-refractivity contribution in [3.05, 3.63) is 50.3 Å². The molecule has 2 aromatic rings. The van der Waals surface area contributed by atoms with Crippen LogP contribution < -0.4 is 5.56 Å². The second kappa shape index (κ2) is 7.06. The number of amides is 1. The van der Waals surface area contributed by atoms with E-state index in [1.54, 1.807) is 0 Å². The summed E-state index contributed by atoms with van der Waals surface area (Å²) in [6.45, 7) is 3.75. The van der Waals surface area contributed by atoms with Crippen LogP contribution in [0.25, 0.3) is 0 Å². The Hall–Kier alpha value is -1.99. The summed E-state index contributed by atoms with van der Waals surface area (Å²) in [6.07, 6.45) is 2.79. The van der Waals surface area contributed by atoms with Gasteiger partial charge in [0.2, 0.25) is 0 Å². The summed E-state index contributed by atoms with van der Waals surface area (Å²) < 4.78 is 5.75. The van der Waals surface area contributed by atoms with Gasteiger partial charge in [0.15, 0.2) is 0 Å². The predicted molar refractivity (Wildman–Crippen MR) is 87.9 cm³/mol. The molecule has 0 bridgehead atoms. The van der Waals surface area contributed by atoms with Crippen molar-refractivity contribution in [2.24, 2.45) is 0 Å². The van der Waals surface area contributed by atoms with E-state index in [0.29, 0.717) is 26.1 Å². The molecule has 0 radical (unpaired) electrons. The van der Waals surface area contributed by atoms with Crippen LogP contribution in [0.4, 0.5) is 0 Å². The molecule has 122 valence electrons. The number of carbonyl (C=O) groups is 1. The molecule has 1 atom stereocenters. The van der Waals surface area contributed by atoms with E-state index in [1.807, 2.05) is 24.0 Å². The third kappa shape index (κ3) is 4.05. The molecule has 2 aromatic heterocycles. The van der Waals surface area contributed by atoms with Crippen molar-refractivity contribution in [1.82, 2.24) is 14.9 Å². The van der Waals surface area contributed by atoms with Gasteiger partial charge in [0.1, 0.15) is 0 Å². The Balaban J connectivity index is 1.57. The fourth-order valence-electron chi connectivity index (χ4n) is 2.64. The maximum atomic E-state index is 12.5. The van der Waals surface area contributed by atoms with Gasteiger partial charge in [-0.15, -0.1) is 11.3 Å². The third-order valence-electron chi connectivity index (χ3n) is 3.83. The zero-order valence-electron chi connectivity index (χ0n) is 12.9. The van der Waals surface area contributed by atoms with Crippen LogP contribution >= 0.6 is 11.3 Å². The van der Waals surface area contributed by atoms with Gasteiger partial charge in [-0.3, -0.25) is 9.59 Å². The van der Waals surface area contributed by atoms with Gasteiger partial charge in [0.05, 0.1) is 23.9 Å². The second-order valence-corrected chi connectivity index (χ2v) is 6.88. The normalized spacial score (nSPS) is 18.1. The van der Waals surface area contributed by atoms with Crippen LogP contribution in [0.3, 0.4) is 0 Å². The summed E-state index contributed by atoms with van der Waals surface area (Å²) in [5, 5.41) is 0. The number of ether oxygens (including phenoxy) is 1. The van der Waals surface area contributed by atoms with Crippen molar-refractivity contribution in [3.63, 3.8) is 0 Å². The molecule has 7 heteroatoms. The molecular formula is C16H19N3O3S. The third-order valence-corrected chi connectivity index (χ3v) is 4.82. The molecule has 0 aliphatic carbocycles. The van der Waals surface area contributed by atoms with Gasteiger partial charge in [-0.2, -0.15) is 0 Å². The largest absolute Gasteiger partial charge is 0.375 e. The smallest absolute Gasteiger partial charge is 0.264 e. The summed E-state index contributed by atoms with van der Waals surface area (Å²) >= 11 is 1.52. The molecule has 1 amide bonds. The molecule has 1 saturated heterocycles. The first-order valence-corrected chi connectivity index (χ1v) is 8.44. The number of aromatic amines is 1. The lowest BCUT2D eigenvalue weighted by molar-refractivity contribution is -0.0245. The maximum absolute atomic E-state index is 12.5. The van der Waals surface area contributed by atoms with Gasteiger partial charge in [0.25, 0.3) is 11.5 Å². The monoisotopic (exact) mass is 333 g/mol. The van der Waals surface area contributed by atoms with E-state index >= 15 is 0 Å². The van der Waals surface area contributed by atoms with Crippen LogP contribution in [0.1, 0.15) is 26.7 Å². The number of hydrogen-bond acceptors (Lipinski definition) is 5. The van der Waals surface area contributed by atoms with E-state index in [-0.39, 0.29) is 17.6 Å². The second-order valence-electron chi connectivity index (χ2n) is 5.60. The highest BCUT2D eigenvalue weighted by atomic mass is 32.1. The number of H-pyrrole nitrogens is 1. The van der Waals surface area contributed by atoms with E-state index in [0.717, 1.165) is 21.9 Å². The SMILES string of the molecule is Cc1ccc(C(=O)N2CCO[C@H](CCc3cc(=O)[nH]cn3)C2)s1. The molecule has 23 heavy (non-hydrogen) atoms. The van der Waals surface area contributed by atoms with Gasteiger partial charge >= 0.3 is 0 Å². The highest BCUT2D eigenvalue weighted by Crippen LogP contribution is 2.19. The minimum atomic E-state index is -0.149. The quantitative estimate of drug-likeness (QED) is 0.922. The lowest BCUT2D eigenvalue weighted by Crippen LogP contribution is -2.45.